The van der Waals surface area contributed by atoms with Gasteiger partial charge in [0.1, 0.15) is 5.76 Å². The van der Waals surface area contributed by atoms with Gasteiger partial charge in [-0.15, -0.1) is 0 Å². The molecular formula is C12H15N3O. The lowest BCUT2D eigenvalue weighted by Crippen LogP contribution is -2.00. The van der Waals surface area contributed by atoms with Crippen LogP contribution in [-0.4, -0.2) is 4.98 Å². The molecule has 2 rings (SSSR count). The number of hydrogen-bond acceptors (Lipinski definition) is 4. The third kappa shape index (κ3) is 2.34. The molecule has 0 fully saturated rings. The van der Waals surface area contributed by atoms with Crippen molar-refractivity contribution >= 4 is 11.4 Å². The molecule has 0 saturated heterocycles. The average Bonchev–Trinajstić information content (AvgIpc) is 2.56. The Morgan fingerprint density at radius 3 is 2.81 bits per heavy atom. The molecule has 16 heavy (non-hydrogen) atoms. The molecule has 0 aliphatic rings. The van der Waals surface area contributed by atoms with Gasteiger partial charge >= 0.3 is 0 Å². The number of anilines is 2. The maximum atomic E-state index is 5.68. The van der Waals surface area contributed by atoms with Gasteiger partial charge in [0.25, 0.3) is 0 Å². The summed E-state index contributed by atoms with van der Waals surface area (Å²) in [6.45, 7) is 4.41. The Morgan fingerprint density at radius 1 is 1.38 bits per heavy atom. The first kappa shape index (κ1) is 10.5. The lowest BCUT2D eigenvalue weighted by atomic mass is 10.3. The summed E-state index contributed by atoms with van der Waals surface area (Å²) in [6.07, 6.45) is 0. The van der Waals surface area contributed by atoms with Crippen LogP contribution in [0.3, 0.4) is 0 Å². The van der Waals surface area contributed by atoms with E-state index in [9.17, 15) is 0 Å². The Bertz CT molecular complexity index is 471. The van der Waals surface area contributed by atoms with Gasteiger partial charge in [0.15, 0.2) is 0 Å². The van der Waals surface area contributed by atoms with Crippen LogP contribution in [0.25, 0.3) is 0 Å². The fourth-order valence-electron chi connectivity index (χ4n) is 1.44. The van der Waals surface area contributed by atoms with E-state index < -0.39 is 0 Å². The quantitative estimate of drug-likeness (QED) is 0.775. The van der Waals surface area contributed by atoms with Crippen molar-refractivity contribution in [1.29, 1.82) is 0 Å². The Morgan fingerprint density at radius 2 is 2.19 bits per heavy atom. The predicted molar refractivity (Wildman–Crippen MR) is 64.2 cm³/mol. The van der Waals surface area contributed by atoms with Crippen LogP contribution in [0.2, 0.25) is 0 Å². The minimum Gasteiger partial charge on any atom is -0.444 e. The van der Waals surface area contributed by atoms with Gasteiger partial charge in [0, 0.05) is 11.4 Å². The molecule has 0 bridgehead atoms. The Balaban J connectivity index is 2.02. The van der Waals surface area contributed by atoms with Crippen LogP contribution in [-0.2, 0) is 6.54 Å². The highest BCUT2D eigenvalue weighted by atomic mass is 16.4. The maximum absolute atomic E-state index is 5.68. The molecule has 0 spiro atoms. The van der Waals surface area contributed by atoms with Crippen LogP contribution >= 0.6 is 0 Å². The van der Waals surface area contributed by atoms with Crippen molar-refractivity contribution in [3.63, 3.8) is 0 Å². The van der Waals surface area contributed by atoms with E-state index >= 15 is 0 Å². The molecule has 0 amide bonds. The number of benzene rings is 1. The summed E-state index contributed by atoms with van der Waals surface area (Å²) in [4.78, 5) is 4.29. The van der Waals surface area contributed by atoms with Gasteiger partial charge in [-0.3, -0.25) is 0 Å². The molecule has 2 aromatic rings. The first-order valence-corrected chi connectivity index (χ1v) is 5.17. The molecular weight excluding hydrogens is 202 g/mol. The van der Waals surface area contributed by atoms with E-state index in [0.29, 0.717) is 12.4 Å². The Labute approximate surface area is 94.5 Å². The van der Waals surface area contributed by atoms with Crippen LogP contribution in [0.15, 0.2) is 28.7 Å². The normalized spacial score (nSPS) is 10.4. The zero-order valence-corrected chi connectivity index (χ0v) is 9.45. The number of aromatic nitrogens is 1. The second-order valence-corrected chi connectivity index (χ2v) is 3.73. The number of nitrogens with one attached hydrogen (secondary N) is 1. The fourth-order valence-corrected chi connectivity index (χ4v) is 1.44. The molecule has 84 valence electrons. The lowest BCUT2D eigenvalue weighted by Gasteiger charge is -2.03. The van der Waals surface area contributed by atoms with Crippen molar-refractivity contribution in [1.82, 2.24) is 4.98 Å². The van der Waals surface area contributed by atoms with Gasteiger partial charge in [-0.2, -0.15) is 0 Å². The molecule has 0 unspecified atom stereocenters. The molecule has 1 aromatic heterocycles. The van der Waals surface area contributed by atoms with E-state index in [0.717, 1.165) is 22.8 Å². The lowest BCUT2D eigenvalue weighted by molar-refractivity contribution is 0.478. The largest absolute Gasteiger partial charge is 0.444 e. The molecule has 0 aliphatic heterocycles. The summed E-state index contributed by atoms with van der Waals surface area (Å²) in [5, 5.41) is 3.21. The monoisotopic (exact) mass is 217 g/mol. The van der Waals surface area contributed by atoms with Crippen molar-refractivity contribution in [2.75, 3.05) is 11.1 Å². The number of nitrogen functional groups attached to an aromatic ring is 1. The molecule has 3 N–H and O–H groups in total. The number of nitrogens with two attached hydrogens (primary N) is 1. The molecule has 4 nitrogen and oxygen atoms in total. The highest BCUT2D eigenvalue weighted by Gasteiger charge is 2.04. The second kappa shape index (κ2) is 4.26. The van der Waals surface area contributed by atoms with E-state index in [4.69, 9.17) is 10.2 Å². The number of aryl methyl sites for hydroxylation is 2. The first-order valence-electron chi connectivity index (χ1n) is 5.17. The molecule has 1 aromatic carbocycles. The third-order valence-electron chi connectivity index (χ3n) is 2.40. The highest BCUT2D eigenvalue weighted by Crippen LogP contribution is 2.14. The molecule has 0 radical (unpaired) electrons. The molecule has 0 atom stereocenters. The fraction of sp³-hybridized carbons (Fsp3) is 0.250. The Kier molecular flexibility index (Phi) is 2.81. The minimum absolute atomic E-state index is 0.568. The van der Waals surface area contributed by atoms with Gasteiger partial charge in [-0.25, -0.2) is 4.98 Å². The summed E-state index contributed by atoms with van der Waals surface area (Å²) >= 11 is 0. The number of nitrogens with zero attached hydrogens (tertiary/aromatic N) is 1. The summed E-state index contributed by atoms with van der Waals surface area (Å²) in [5.41, 5.74) is 8.32. The van der Waals surface area contributed by atoms with Gasteiger partial charge in [0.2, 0.25) is 5.89 Å². The first-order chi connectivity index (χ1) is 7.65. The van der Waals surface area contributed by atoms with Crippen molar-refractivity contribution in [3.05, 3.63) is 41.6 Å². The van der Waals surface area contributed by atoms with Crippen molar-refractivity contribution in [2.45, 2.75) is 20.4 Å². The third-order valence-corrected chi connectivity index (χ3v) is 2.40. The topological polar surface area (TPSA) is 64.1 Å². The SMILES string of the molecule is Cc1nc(CNc2cccc(N)c2)oc1C. The Hall–Kier alpha value is -1.97. The molecule has 0 aliphatic carbocycles. The van der Waals surface area contributed by atoms with Crippen LogP contribution < -0.4 is 11.1 Å². The van der Waals surface area contributed by atoms with Gasteiger partial charge in [0.05, 0.1) is 12.2 Å². The molecule has 4 heteroatoms. The zero-order chi connectivity index (χ0) is 11.5. The van der Waals surface area contributed by atoms with Crippen molar-refractivity contribution in [2.24, 2.45) is 0 Å². The minimum atomic E-state index is 0.568. The number of hydrogen-bond donors (Lipinski definition) is 2. The van der Waals surface area contributed by atoms with Crippen molar-refractivity contribution in [3.8, 4) is 0 Å². The van der Waals surface area contributed by atoms with Crippen LogP contribution in [0.4, 0.5) is 11.4 Å². The van der Waals surface area contributed by atoms with Gasteiger partial charge in [-0.05, 0) is 32.0 Å². The van der Waals surface area contributed by atoms with Crippen LogP contribution in [0.1, 0.15) is 17.3 Å². The standard InChI is InChI=1S/C12H15N3O/c1-8-9(2)16-12(15-8)7-14-11-5-3-4-10(13)6-11/h3-6,14H,7,13H2,1-2H3. The second-order valence-electron chi connectivity index (χ2n) is 3.73. The van der Waals surface area contributed by atoms with E-state index in [1.54, 1.807) is 0 Å². The zero-order valence-electron chi connectivity index (χ0n) is 9.45. The van der Waals surface area contributed by atoms with E-state index in [-0.39, 0.29) is 0 Å². The molecule has 0 saturated carbocycles. The van der Waals surface area contributed by atoms with Crippen molar-refractivity contribution < 1.29 is 4.42 Å². The summed E-state index contributed by atoms with van der Waals surface area (Å²) in [7, 11) is 0. The predicted octanol–water partition coefficient (Wildman–Crippen LogP) is 2.49. The summed E-state index contributed by atoms with van der Waals surface area (Å²) in [6, 6.07) is 7.59. The smallest absolute Gasteiger partial charge is 0.213 e. The van der Waals surface area contributed by atoms with Gasteiger partial charge < -0.3 is 15.5 Å². The maximum Gasteiger partial charge on any atom is 0.213 e. The van der Waals surface area contributed by atoms with Crippen LogP contribution in [0, 0.1) is 13.8 Å². The number of rotatable bonds is 3. The average molecular weight is 217 g/mol. The number of oxazole rings is 1. The molecule has 1 heterocycles. The van der Waals surface area contributed by atoms with E-state index in [2.05, 4.69) is 10.3 Å². The van der Waals surface area contributed by atoms with Crippen LogP contribution in [0.5, 0.6) is 0 Å². The van der Waals surface area contributed by atoms with E-state index in [1.165, 1.54) is 0 Å². The van der Waals surface area contributed by atoms with E-state index in [1.807, 2.05) is 38.1 Å². The highest BCUT2D eigenvalue weighted by molar-refractivity contribution is 5.53. The summed E-state index contributed by atoms with van der Waals surface area (Å²) in [5.74, 6) is 1.56. The van der Waals surface area contributed by atoms with Gasteiger partial charge in [-0.1, -0.05) is 6.07 Å². The summed E-state index contributed by atoms with van der Waals surface area (Å²) < 4.78 is 5.46.